The summed E-state index contributed by atoms with van der Waals surface area (Å²) in [5, 5.41) is 5.89. The number of aryl methyl sites for hydroxylation is 2. The molecule has 164 valence electrons. The maximum absolute atomic E-state index is 13.3. The maximum Gasteiger partial charge on any atom is 0.243 e. The lowest BCUT2D eigenvalue weighted by Gasteiger charge is -2.30. The van der Waals surface area contributed by atoms with Crippen molar-refractivity contribution in [1.29, 1.82) is 0 Å². The fraction of sp³-hybridized carbons (Fsp3) is 0.500. The summed E-state index contributed by atoms with van der Waals surface area (Å²) in [6, 6.07) is 3.38. The van der Waals surface area contributed by atoms with Crippen LogP contribution in [0.4, 0.5) is 4.39 Å². The lowest BCUT2D eigenvalue weighted by atomic mass is 9.97. The van der Waals surface area contributed by atoms with E-state index >= 15 is 0 Å². The molecule has 0 radical (unpaired) electrons. The summed E-state index contributed by atoms with van der Waals surface area (Å²) in [4.78, 5) is 16.8. The topological polar surface area (TPSA) is 79.4 Å². The van der Waals surface area contributed by atoms with Gasteiger partial charge < -0.3 is 5.32 Å². The molecule has 1 aliphatic rings. The Labute approximate surface area is 185 Å². The molecule has 1 aromatic heterocycles. The average Bonchev–Trinajstić information content (AvgIpc) is 3.14. The van der Waals surface area contributed by atoms with Crippen molar-refractivity contribution in [3.8, 4) is 0 Å². The van der Waals surface area contributed by atoms with E-state index in [9.17, 15) is 17.6 Å². The van der Waals surface area contributed by atoms with Crippen molar-refractivity contribution in [1.82, 2.24) is 14.6 Å². The molecule has 1 saturated heterocycles. The Balaban J connectivity index is 1.41. The van der Waals surface area contributed by atoms with Crippen LogP contribution >= 0.6 is 22.9 Å². The van der Waals surface area contributed by atoms with E-state index in [2.05, 4.69) is 10.3 Å². The number of hydrogen-bond donors (Lipinski definition) is 1. The molecular formula is C20H25ClFN3O3S2. The van der Waals surface area contributed by atoms with Gasteiger partial charge in [0.15, 0.2) is 0 Å². The van der Waals surface area contributed by atoms with Crippen LogP contribution in [0.2, 0.25) is 5.02 Å². The molecule has 0 saturated carbocycles. The molecule has 1 aromatic carbocycles. The van der Waals surface area contributed by atoms with Gasteiger partial charge in [-0.3, -0.25) is 4.79 Å². The number of unbranched alkanes of at least 4 members (excludes halogenated alkanes) is 1. The van der Waals surface area contributed by atoms with Crippen LogP contribution in [0.1, 0.15) is 36.4 Å². The van der Waals surface area contributed by atoms with Gasteiger partial charge in [0.25, 0.3) is 0 Å². The molecule has 6 nitrogen and oxygen atoms in total. The first-order valence-electron chi connectivity index (χ1n) is 9.91. The van der Waals surface area contributed by atoms with Crippen molar-refractivity contribution in [3.63, 3.8) is 0 Å². The number of nitrogens with one attached hydrogen (secondary N) is 1. The standard InChI is InChI=1S/C20H25ClFN3O3S2/c1-14-13-29-19(24-14)4-2-3-9-23-20(26)15-7-10-25(11-8-15)30(27,28)16-5-6-18(22)17(21)12-16/h5-6,12-13,15H,2-4,7-11H2,1H3,(H,23,26). The number of rotatable bonds is 8. The number of carbonyl (C=O) groups is 1. The van der Waals surface area contributed by atoms with Crippen LogP contribution in [0, 0.1) is 18.7 Å². The minimum atomic E-state index is -3.75. The minimum Gasteiger partial charge on any atom is -0.356 e. The van der Waals surface area contributed by atoms with E-state index in [-0.39, 0.29) is 34.8 Å². The smallest absolute Gasteiger partial charge is 0.243 e. The first-order chi connectivity index (χ1) is 14.3. The number of nitrogens with zero attached hydrogens (tertiary/aromatic N) is 2. The fourth-order valence-corrected chi connectivity index (χ4v) is 5.98. The molecule has 1 amide bonds. The van der Waals surface area contributed by atoms with Gasteiger partial charge in [-0.05, 0) is 57.2 Å². The Bertz CT molecular complexity index is 989. The van der Waals surface area contributed by atoms with Gasteiger partial charge in [0.1, 0.15) is 5.82 Å². The number of sulfonamides is 1. The molecule has 0 spiro atoms. The highest BCUT2D eigenvalue weighted by Gasteiger charge is 2.32. The average molecular weight is 474 g/mol. The summed E-state index contributed by atoms with van der Waals surface area (Å²) in [6.45, 7) is 3.08. The van der Waals surface area contributed by atoms with Crippen molar-refractivity contribution < 1.29 is 17.6 Å². The lowest BCUT2D eigenvalue weighted by Crippen LogP contribution is -2.43. The Morgan fingerprint density at radius 1 is 1.33 bits per heavy atom. The normalized spacial score (nSPS) is 16.0. The van der Waals surface area contributed by atoms with Crippen molar-refractivity contribution >= 4 is 38.9 Å². The number of aromatic nitrogens is 1. The second kappa shape index (κ2) is 10.2. The molecule has 1 N–H and O–H groups in total. The van der Waals surface area contributed by atoms with Crippen LogP contribution < -0.4 is 5.32 Å². The number of benzene rings is 1. The maximum atomic E-state index is 13.3. The predicted octanol–water partition coefficient (Wildman–Crippen LogP) is 3.78. The van der Waals surface area contributed by atoms with E-state index in [0.717, 1.165) is 42.1 Å². The summed E-state index contributed by atoms with van der Waals surface area (Å²) in [5.74, 6) is -0.885. The SMILES string of the molecule is Cc1csc(CCCCNC(=O)C2CCN(S(=O)(=O)c3ccc(F)c(Cl)c3)CC2)n1. The van der Waals surface area contributed by atoms with E-state index in [0.29, 0.717) is 19.4 Å². The zero-order valence-corrected chi connectivity index (χ0v) is 19.1. The number of hydrogen-bond acceptors (Lipinski definition) is 5. The van der Waals surface area contributed by atoms with Crippen LogP contribution in [-0.2, 0) is 21.2 Å². The molecule has 2 aromatic rings. The molecule has 0 aliphatic carbocycles. The van der Waals surface area contributed by atoms with Gasteiger partial charge in [0.2, 0.25) is 15.9 Å². The summed E-state index contributed by atoms with van der Waals surface area (Å²) in [6.07, 6.45) is 3.67. The van der Waals surface area contributed by atoms with Gasteiger partial charge in [0.05, 0.1) is 14.9 Å². The van der Waals surface area contributed by atoms with E-state index in [4.69, 9.17) is 11.6 Å². The van der Waals surface area contributed by atoms with Crippen LogP contribution in [0.5, 0.6) is 0 Å². The van der Waals surface area contributed by atoms with Crippen molar-refractivity contribution in [2.45, 2.75) is 43.9 Å². The van der Waals surface area contributed by atoms with Crippen molar-refractivity contribution in [2.24, 2.45) is 5.92 Å². The first kappa shape index (κ1) is 23.1. The van der Waals surface area contributed by atoms with Gasteiger partial charge in [-0.2, -0.15) is 4.31 Å². The molecule has 2 heterocycles. The summed E-state index contributed by atoms with van der Waals surface area (Å²) in [5.41, 5.74) is 1.04. The highest BCUT2D eigenvalue weighted by Crippen LogP contribution is 2.26. The number of amides is 1. The number of piperidine rings is 1. The van der Waals surface area contributed by atoms with Gasteiger partial charge in [-0.15, -0.1) is 11.3 Å². The van der Waals surface area contributed by atoms with Gasteiger partial charge in [-0.1, -0.05) is 11.6 Å². The molecular weight excluding hydrogens is 449 g/mol. The monoisotopic (exact) mass is 473 g/mol. The fourth-order valence-electron chi connectivity index (χ4n) is 3.42. The van der Waals surface area contributed by atoms with E-state index in [1.54, 1.807) is 11.3 Å². The number of halogens is 2. The summed E-state index contributed by atoms with van der Waals surface area (Å²) in [7, 11) is -3.75. The van der Waals surface area contributed by atoms with Crippen LogP contribution in [-0.4, -0.2) is 43.2 Å². The van der Waals surface area contributed by atoms with Crippen LogP contribution in [0.3, 0.4) is 0 Å². The summed E-state index contributed by atoms with van der Waals surface area (Å²) >= 11 is 7.38. The van der Waals surface area contributed by atoms with Gasteiger partial charge in [0, 0.05) is 36.6 Å². The zero-order valence-electron chi connectivity index (χ0n) is 16.7. The molecule has 1 fully saturated rings. The lowest BCUT2D eigenvalue weighted by molar-refractivity contribution is -0.126. The Morgan fingerprint density at radius 2 is 2.07 bits per heavy atom. The van der Waals surface area contributed by atoms with Crippen molar-refractivity contribution in [3.05, 3.63) is 45.1 Å². The number of thiazole rings is 1. The first-order valence-corrected chi connectivity index (χ1v) is 12.6. The van der Waals surface area contributed by atoms with Crippen LogP contribution in [0.15, 0.2) is 28.5 Å². The highest BCUT2D eigenvalue weighted by molar-refractivity contribution is 7.89. The summed E-state index contributed by atoms with van der Waals surface area (Å²) < 4.78 is 40.1. The van der Waals surface area contributed by atoms with E-state index in [1.807, 2.05) is 12.3 Å². The van der Waals surface area contributed by atoms with Crippen molar-refractivity contribution in [2.75, 3.05) is 19.6 Å². The molecule has 1 aliphatic heterocycles. The molecule has 30 heavy (non-hydrogen) atoms. The predicted molar refractivity (Wildman–Crippen MR) is 116 cm³/mol. The molecule has 3 rings (SSSR count). The molecule has 0 unspecified atom stereocenters. The Kier molecular flexibility index (Phi) is 7.84. The van der Waals surface area contributed by atoms with E-state index in [1.165, 1.54) is 10.4 Å². The number of carbonyl (C=O) groups excluding carboxylic acids is 1. The van der Waals surface area contributed by atoms with E-state index < -0.39 is 15.8 Å². The Hall–Kier alpha value is -1.55. The molecule has 10 heteroatoms. The highest BCUT2D eigenvalue weighted by atomic mass is 35.5. The minimum absolute atomic E-state index is 0.0260. The third kappa shape index (κ3) is 5.78. The van der Waals surface area contributed by atoms with Gasteiger partial charge >= 0.3 is 0 Å². The molecule has 0 atom stereocenters. The Morgan fingerprint density at radius 3 is 2.70 bits per heavy atom. The third-order valence-corrected chi connectivity index (χ3v) is 8.35. The second-order valence-electron chi connectivity index (χ2n) is 7.39. The zero-order chi connectivity index (χ0) is 21.7. The third-order valence-electron chi connectivity index (χ3n) is 5.14. The second-order valence-corrected chi connectivity index (χ2v) is 10.7. The molecule has 0 bridgehead atoms. The quantitative estimate of drug-likeness (QED) is 0.591. The van der Waals surface area contributed by atoms with Crippen LogP contribution in [0.25, 0.3) is 0 Å². The largest absolute Gasteiger partial charge is 0.356 e. The van der Waals surface area contributed by atoms with Gasteiger partial charge in [-0.25, -0.2) is 17.8 Å².